The highest BCUT2D eigenvalue weighted by atomic mass is 16.3. The lowest BCUT2D eigenvalue weighted by Gasteiger charge is -2.14. The normalized spacial score (nSPS) is 15.1. The fraction of sp³-hybridized carbons (Fsp3) is 0.0784. The van der Waals surface area contributed by atoms with Gasteiger partial charge in [0.25, 0.3) is 0 Å². The predicted molar refractivity (Wildman–Crippen MR) is 232 cm³/mol. The highest BCUT2D eigenvalue weighted by molar-refractivity contribution is 6.15. The Hall–Kier alpha value is -7.31. The van der Waals surface area contributed by atoms with Crippen molar-refractivity contribution in [2.75, 3.05) is 0 Å². The van der Waals surface area contributed by atoms with Gasteiger partial charge < -0.3 is 13.6 Å². The summed E-state index contributed by atoms with van der Waals surface area (Å²) >= 11 is 0. The third kappa shape index (κ3) is 5.07. The van der Waals surface area contributed by atoms with Crippen LogP contribution in [0, 0.1) is 0 Å². The van der Waals surface area contributed by atoms with Crippen LogP contribution in [0.5, 0.6) is 0 Å². The predicted octanol–water partition coefficient (Wildman–Crippen LogP) is 12.7. The maximum absolute atomic E-state index is 6.59. The molecule has 0 saturated carbocycles. The number of hydrogen-bond acceptors (Lipinski definition) is 4. The fourth-order valence-electron chi connectivity index (χ4n) is 9.05. The highest BCUT2D eigenvalue weighted by Crippen LogP contribution is 2.42. The summed E-state index contributed by atoms with van der Waals surface area (Å²) in [6.45, 7) is 0. The molecule has 0 aliphatic heterocycles. The van der Waals surface area contributed by atoms with Crippen LogP contribution >= 0.6 is 0 Å². The molecule has 12 rings (SSSR count). The maximum atomic E-state index is 6.59. The minimum Gasteiger partial charge on any atom is -0.456 e. The summed E-state index contributed by atoms with van der Waals surface area (Å²) in [5.41, 5.74) is 12.1. The van der Waals surface area contributed by atoms with E-state index in [2.05, 4.69) is 149 Å². The Morgan fingerprint density at radius 3 is 2.19 bits per heavy atom. The molecule has 6 heteroatoms. The number of furan rings is 1. The average Bonchev–Trinajstić information content (AvgIpc) is 3.93. The number of allylic oxidation sites excluding steroid dienone is 5. The van der Waals surface area contributed by atoms with Crippen molar-refractivity contribution in [1.82, 2.24) is 24.1 Å². The van der Waals surface area contributed by atoms with Crippen LogP contribution in [0.15, 0.2) is 168 Å². The molecule has 1 atom stereocenters. The van der Waals surface area contributed by atoms with Crippen molar-refractivity contribution >= 4 is 60.7 Å². The first-order chi connectivity index (χ1) is 28.2. The van der Waals surface area contributed by atoms with Gasteiger partial charge >= 0.3 is 0 Å². The van der Waals surface area contributed by atoms with E-state index in [0.717, 1.165) is 69.5 Å². The quantitative estimate of drug-likeness (QED) is 0.177. The second kappa shape index (κ2) is 12.6. The molecule has 270 valence electrons. The number of hydrogen-bond donors (Lipinski definition) is 0. The summed E-state index contributed by atoms with van der Waals surface area (Å²) < 4.78 is 11.5. The van der Waals surface area contributed by atoms with Crippen molar-refractivity contribution in [2.45, 2.75) is 25.2 Å². The Kier molecular flexibility index (Phi) is 7.08. The first-order valence-electron chi connectivity index (χ1n) is 19.7. The molecule has 4 heterocycles. The summed E-state index contributed by atoms with van der Waals surface area (Å²) in [6.07, 6.45) is 16.0. The van der Waals surface area contributed by atoms with E-state index in [-0.39, 0.29) is 5.92 Å². The summed E-state index contributed by atoms with van der Waals surface area (Å²) in [5.74, 6) is 2.18. The van der Waals surface area contributed by atoms with E-state index >= 15 is 0 Å². The lowest BCUT2D eigenvalue weighted by atomic mass is 10.00. The van der Waals surface area contributed by atoms with Crippen LogP contribution in [0.1, 0.15) is 35.8 Å². The fourth-order valence-corrected chi connectivity index (χ4v) is 9.05. The Labute approximate surface area is 328 Å². The molecule has 0 bridgehead atoms. The van der Waals surface area contributed by atoms with E-state index in [1.165, 1.54) is 44.0 Å². The zero-order valence-electron chi connectivity index (χ0n) is 31.0. The van der Waals surface area contributed by atoms with E-state index < -0.39 is 0 Å². The standard InChI is InChI=1S/C51H35N5O/c1-4-14-32(15-5-1)49-52-50(33-16-6-2-7-17-33)54-51(53-49)34-24-26-39-42-29-36(25-27-47(42)57-48(39)28-34)56-44-23-13-11-21-38(44)41-30-40-37-20-10-12-22-43(37)55(45(40)31-46(41)56)35-18-8-3-9-19-35/h1-12,14-16,18-22,24-31,33H,13,17,23H2. The summed E-state index contributed by atoms with van der Waals surface area (Å²) in [7, 11) is 0. The lowest BCUT2D eigenvalue weighted by molar-refractivity contribution is 0.669. The number of rotatable bonds is 5. The first kappa shape index (κ1) is 32.0. The molecule has 6 aromatic carbocycles. The molecule has 2 aliphatic carbocycles. The van der Waals surface area contributed by atoms with Crippen LogP contribution in [0.25, 0.3) is 94.9 Å². The molecule has 6 nitrogen and oxygen atoms in total. The summed E-state index contributed by atoms with van der Waals surface area (Å²) in [5, 5.41) is 5.94. The van der Waals surface area contributed by atoms with Crippen LogP contribution in [-0.2, 0) is 6.42 Å². The van der Waals surface area contributed by atoms with Crippen LogP contribution in [-0.4, -0.2) is 24.1 Å². The van der Waals surface area contributed by atoms with Crippen LogP contribution < -0.4 is 0 Å². The number of fused-ring (bicyclic) bond motifs is 9. The molecule has 4 aromatic heterocycles. The minimum absolute atomic E-state index is 0.0939. The van der Waals surface area contributed by atoms with Gasteiger partial charge in [0.15, 0.2) is 11.6 Å². The molecule has 0 spiro atoms. The van der Waals surface area contributed by atoms with Crippen molar-refractivity contribution in [3.8, 4) is 34.2 Å². The summed E-state index contributed by atoms with van der Waals surface area (Å²) in [6, 6.07) is 47.4. The van der Waals surface area contributed by atoms with Crippen LogP contribution in [0.4, 0.5) is 0 Å². The molecular weight excluding hydrogens is 699 g/mol. The van der Waals surface area contributed by atoms with Gasteiger partial charge in [0.1, 0.15) is 17.0 Å². The van der Waals surface area contributed by atoms with Crippen molar-refractivity contribution < 1.29 is 4.42 Å². The molecule has 0 N–H and O–H groups in total. The van der Waals surface area contributed by atoms with Gasteiger partial charge in [0.05, 0.1) is 16.6 Å². The third-order valence-corrected chi connectivity index (χ3v) is 11.7. The van der Waals surface area contributed by atoms with Gasteiger partial charge in [-0.3, -0.25) is 0 Å². The first-order valence-corrected chi connectivity index (χ1v) is 19.7. The molecule has 10 aromatic rings. The average molecular weight is 734 g/mol. The third-order valence-electron chi connectivity index (χ3n) is 11.7. The molecular formula is C51H35N5O. The molecule has 0 radical (unpaired) electrons. The largest absolute Gasteiger partial charge is 0.456 e. The van der Waals surface area contributed by atoms with E-state index in [1.807, 2.05) is 30.3 Å². The SMILES string of the molecule is C1=CCC(c2nc(-c3ccccc3)nc(-c3ccc4c(c3)oc3ccc(-n5c6c(c7cc8c9ccccc9n(-c9ccccc9)c8cc75)C=CCC6)cc34)n2)C=C1. The zero-order chi connectivity index (χ0) is 37.5. The zero-order valence-corrected chi connectivity index (χ0v) is 31.0. The van der Waals surface area contributed by atoms with Gasteiger partial charge in [-0.05, 0) is 79.9 Å². The number of benzene rings is 6. The minimum atomic E-state index is 0.0939. The lowest BCUT2D eigenvalue weighted by Crippen LogP contribution is -2.07. The van der Waals surface area contributed by atoms with Crippen LogP contribution in [0.2, 0.25) is 0 Å². The Morgan fingerprint density at radius 2 is 1.33 bits per heavy atom. The van der Waals surface area contributed by atoms with Gasteiger partial charge in [-0.1, -0.05) is 109 Å². The van der Waals surface area contributed by atoms with Gasteiger partial charge in [-0.2, -0.15) is 0 Å². The van der Waals surface area contributed by atoms with E-state index in [4.69, 9.17) is 19.4 Å². The number of para-hydroxylation sites is 2. The maximum Gasteiger partial charge on any atom is 0.163 e. The molecule has 0 saturated heterocycles. The van der Waals surface area contributed by atoms with E-state index in [9.17, 15) is 0 Å². The molecule has 0 fully saturated rings. The number of aromatic nitrogens is 5. The second-order valence-corrected chi connectivity index (χ2v) is 15.1. The Balaban J connectivity index is 1.02. The summed E-state index contributed by atoms with van der Waals surface area (Å²) in [4.78, 5) is 15.0. The monoisotopic (exact) mass is 733 g/mol. The number of nitrogens with zero attached hydrogens (tertiary/aromatic N) is 5. The van der Waals surface area contributed by atoms with Gasteiger partial charge in [0.2, 0.25) is 0 Å². The topological polar surface area (TPSA) is 61.7 Å². The molecule has 1 unspecified atom stereocenters. The van der Waals surface area contributed by atoms with Gasteiger partial charge in [0, 0.05) is 66.6 Å². The molecule has 57 heavy (non-hydrogen) atoms. The highest BCUT2D eigenvalue weighted by Gasteiger charge is 2.23. The Bertz CT molecular complexity index is 3330. The van der Waals surface area contributed by atoms with Crippen molar-refractivity contribution in [3.05, 3.63) is 181 Å². The Morgan fingerprint density at radius 1 is 0.526 bits per heavy atom. The smallest absolute Gasteiger partial charge is 0.163 e. The molecule has 2 aliphatic rings. The van der Waals surface area contributed by atoms with Crippen molar-refractivity contribution in [1.29, 1.82) is 0 Å². The van der Waals surface area contributed by atoms with Crippen molar-refractivity contribution in [2.24, 2.45) is 0 Å². The van der Waals surface area contributed by atoms with Crippen molar-refractivity contribution in [3.63, 3.8) is 0 Å². The van der Waals surface area contributed by atoms with E-state index in [0.29, 0.717) is 11.6 Å². The van der Waals surface area contributed by atoms with Gasteiger partial charge in [-0.25, -0.2) is 15.0 Å². The van der Waals surface area contributed by atoms with Crippen LogP contribution in [0.3, 0.4) is 0 Å². The second-order valence-electron chi connectivity index (χ2n) is 15.1. The molecule has 0 amide bonds. The van der Waals surface area contributed by atoms with E-state index in [1.54, 1.807) is 0 Å². The van der Waals surface area contributed by atoms with Gasteiger partial charge in [-0.15, -0.1) is 0 Å².